The monoisotopic (exact) mass is 260 g/mol. The summed E-state index contributed by atoms with van der Waals surface area (Å²) in [4.78, 5) is 20.8. The van der Waals surface area contributed by atoms with Crippen molar-refractivity contribution in [2.45, 2.75) is 24.3 Å². The van der Waals surface area contributed by atoms with Gasteiger partial charge in [0.15, 0.2) is 0 Å². The zero-order chi connectivity index (χ0) is 12.7. The van der Waals surface area contributed by atoms with Crippen molar-refractivity contribution in [1.29, 1.82) is 0 Å². The summed E-state index contributed by atoms with van der Waals surface area (Å²) in [5.74, 6) is -2.67. The fraction of sp³-hybridized carbons (Fsp3) is 0.750. The first-order chi connectivity index (χ1) is 7.40. The molecule has 2 atom stereocenters. The minimum Gasteiger partial charge on any atom is -0.479 e. The van der Waals surface area contributed by atoms with Crippen LogP contribution in [-0.2, 0) is 14.3 Å². The molecule has 0 saturated carbocycles. The van der Waals surface area contributed by atoms with Gasteiger partial charge in [-0.25, -0.2) is 18.0 Å². The van der Waals surface area contributed by atoms with Crippen LogP contribution in [0.15, 0.2) is 0 Å². The van der Waals surface area contributed by atoms with E-state index in [4.69, 9.17) is 5.11 Å². The zero-order valence-corrected chi connectivity index (χ0v) is 9.18. The van der Waals surface area contributed by atoms with Gasteiger partial charge in [0.05, 0.1) is 13.5 Å². The maximum atomic E-state index is 12.8. The maximum absolute atomic E-state index is 12.8. The second-order valence-corrected chi connectivity index (χ2v) is 4.02. The molecule has 0 saturated heterocycles. The fourth-order valence-electron chi connectivity index (χ4n) is 0.806. The number of esters is 1. The Morgan fingerprint density at radius 3 is 2.31 bits per heavy atom. The van der Waals surface area contributed by atoms with Crippen molar-refractivity contribution in [3.05, 3.63) is 0 Å². The van der Waals surface area contributed by atoms with Gasteiger partial charge in [0, 0.05) is 5.75 Å². The first-order valence-electron chi connectivity index (χ1n) is 4.23. The van der Waals surface area contributed by atoms with E-state index in [0.717, 1.165) is 7.11 Å². The Hall–Kier alpha value is -0.920. The third-order valence-corrected chi connectivity index (χ3v) is 2.89. The van der Waals surface area contributed by atoms with Crippen molar-refractivity contribution in [2.24, 2.45) is 0 Å². The summed E-state index contributed by atoms with van der Waals surface area (Å²) in [5.41, 5.74) is 0. The van der Waals surface area contributed by atoms with Crippen molar-refractivity contribution in [1.82, 2.24) is 0 Å². The van der Waals surface area contributed by atoms with Crippen LogP contribution >= 0.6 is 11.8 Å². The smallest absolute Gasteiger partial charge is 0.339 e. The van der Waals surface area contributed by atoms with Gasteiger partial charge in [0.1, 0.15) is 5.25 Å². The molecule has 0 aromatic carbocycles. The number of methoxy groups -OCH3 is 1. The molecule has 0 aromatic rings. The lowest BCUT2D eigenvalue weighted by atomic mass is 10.3. The van der Waals surface area contributed by atoms with Crippen molar-refractivity contribution < 1.29 is 32.6 Å². The van der Waals surface area contributed by atoms with Crippen LogP contribution in [0, 0.1) is 0 Å². The Morgan fingerprint density at radius 2 is 1.94 bits per heavy atom. The van der Waals surface area contributed by atoms with Crippen molar-refractivity contribution >= 4 is 23.7 Å². The number of carboxylic acid groups (broad SMARTS) is 1. The molecule has 0 aliphatic heterocycles. The predicted molar refractivity (Wildman–Crippen MR) is 51.4 cm³/mol. The second-order valence-electron chi connectivity index (χ2n) is 2.74. The molecular formula is C8H11F3O4S. The van der Waals surface area contributed by atoms with Gasteiger partial charge >= 0.3 is 11.9 Å². The largest absolute Gasteiger partial charge is 0.479 e. The molecule has 0 aliphatic rings. The van der Waals surface area contributed by atoms with E-state index < -0.39 is 29.8 Å². The summed E-state index contributed by atoms with van der Waals surface area (Å²) in [6.07, 6.45) is -5.92. The van der Waals surface area contributed by atoms with Gasteiger partial charge in [-0.1, -0.05) is 0 Å². The first kappa shape index (κ1) is 15.1. The van der Waals surface area contributed by atoms with Gasteiger partial charge < -0.3 is 9.84 Å². The Balaban J connectivity index is 4.15. The standard InChI is InChI=1S/C8H11F3O4S/c1-15-4(12)2-3-16-6(7(10)11)5(9)8(13)14/h5-7H,2-3H2,1H3,(H,13,14). The number of carbonyl (C=O) groups excluding carboxylic acids is 1. The Labute approximate surface area is 94.1 Å². The molecule has 4 nitrogen and oxygen atoms in total. The van der Waals surface area contributed by atoms with Crippen LogP contribution in [0.25, 0.3) is 0 Å². The predicted octanol–water partition coefficient (Wildman–Crippen LogP) is 1.34. The van der Waals surface area contributed by atoms with Crippen molar-refractivity contribution in [3.63, 3.8) is 0 Å². The summed E-state index contributed by atoms with van der Waals surface area (Å²) in [7, 11) is 1.13. The highest BCUT2D eigenvalue weighted by Gasteiger charge is 2.35. The van der Waals surface area contributed by atoms with E-state index in [-0.39, 0.29) is 12.2 Å². The molecule has 1 N–H and O–H groups in total. The lowest BCUT2D eigenvalue weighted by Crippen LogP contribution is -2.33. The highest BCUT2D eigenvalue weighted by atomic mass is 32.2. The molecule has 0 radical (unpaired) electrons. The number of hydrogen-bond donors (Lipinski definition) is 1. The molecule has 0 spiro atoms. The van der Waals surface area contributed by atoms with E-state index in [1.165, 1.54) is 0 Å². The lowest BCUT2D eigenvalue weighted by Gasteiger charge is -2.16. The van der Waals surface area contributed by atoms with Crippen LogP contribution in [0.4, 0.5) is 13.2 Å². The van der Waals surface area contributed by atoms with E-state index in [9.17, 15) is 22.8 Å². The van der Waals surface area contributed by atoms with Crippen molar-refractivity contribution in [2.75, 3.05) is 12.9 Å². The fourth-order valence-corrected chi connectivity index (χ4v) is 1.79. The Bertz CT molecular complexity index is 249. The van der Waals surface area contributed by atoms with Gasteiger partial charge in [-0.2, -0.15) is 0 Å². The third kappa shape index (κ3) is 5.24. The second kappa shape index (κ2) is 7.37. The Morgan fingerprint density at radius 1 is 1.38 bits per heavy atom. The van der Waals surface area contributed by atoms with Crippen LogP contribution in [0.5, 0.6) is 0 Å². The molecular weight excluding hydrogens is 249 g/mol. The van der Waals surface area contributed by atoms with Gasteiger partial charge in [0.25, 0.3) is 6.43 Å². The summed E-state index contributed by atoms with van der Waals surface area (Å²) in [6, 6.07) is 0. The minimum absolute atomic E-state index is 0.116. The summed E-state index contributed by atoms with van der Waals surface area (Å²) in [5, 5.41) is 6.27. The van der Waals surface area contributed by atoms with Crippen LogP contribution in [-0.4, -0.2) is 47.8 Å². The molecule has 16 heavy (non-hydrogen) atoms. The topological polar surface area (TPSA) is 63.6 Å². The molecule has 94 valence electrons. The molecule has 8 heteroatoms. The highest BCUT2D eigenvalue weighted by molar-refractivity contribution is 8.00. The van der Waals surface area contributed by atoms with Gasteiger partial charge in [-0.3, -0.25) is 4.79 Å². The van der Waals surface area contributed by atoms with Crippen LogP contribution < -0.4 is 0 Å². The van der Waals surface area contributed by atoms with E-state index in [0.29, 0.717) is 11.8 Å². The van der Waals surface area contributed by atoms with Gasteiger partial charge in [0.2, 0.25) is 6.17 Å². The SMILES string of the molecule is COC(=O)CCSC(C(F)F)C(F)C(=O)O. The van der Waals surface area contributed by atoms with Crippen LogP contribution in [0.2, 0.25) is 0 Å². The van der Waals surface area contributed by atoms with E-state index in [1.807, 2.05) is 0 Å². The molecule has 2 unspecified atom stereocenters. The summed E-state index contributed by atoms with van der Waals surface area (Å²) >= 11 is 0.403. The molecule has 0 rings (SSSR count). The van der Waals surface area contributed by atoms with Crippen LogP contribution in [0.3, 0.4) is 0 Å². The number of aliphatic carboxylic acids is 1. The maximum Gasteiger partial charge on any atom is 0.339 e. The average Bonchev–Trinajstić information content (AvgIpc) is 2.22. The molecule has 0 aliphatic carbocycles. The molecule has 0 amide bonds. The number of hydrogen-bond acceptors (Lipinski definition) is 4. The molecule has 0 bridgehead atoms. The first-order valence-corrected chi connectivity index (χ1v) is 5.28. The average molecular weight is 260 g/mol. The van der Waals surface area contributed by atoms with Crippen molar-refractivity contribution in [3.8, 4) is 0 Å². The normalized spacial score (nSPS) is 14.6. The quantitative estimate of drug-likeness (QED) is 0.700. The Kier molecular flexibility index (Phi) is 6.95. The lowest BCUT2D eigenvalue weighted by molar-refractivity contribution is -0.144. The minimum atomic E-state index is -3.10. The number of carboxylic acids is 1. The molecule has 0 heterocycles. The number of halogens is 3. The van der Waals surface area contributed by atoms with E-state index in [2.05, 4.69) is 4.74 Å². The van der Waals surface area contributed by atoms with E-state index in [1.54, 1.807) is 0 Å². The van der Waals surface area contributed by atoms with Gasteiger partial charge in [-0.05, 0) is 0 Å². The summed E-state index contributed by atoms with van der Waals surface area (Å²) < 4.78 is 41.6. The number of alkyl halides is 3. The number of thioether (sulfide) groups is 1. The highest BCUT2D eigenvalue weighted by Crippen LogP contribution is 2.25. The summed E-state index contributed by atoms with van der Waals surface area (Å²) in [6.45, 7) is 0. The number of ether oxygens (including phenoxy) is 1. The molecule has 0 fully saturated rings. The number of carbonyl (C=O) groups is 2. The van der Waals surface area contributed by atoms with Gasteiger partial charge in [-0.15, -0.1) is 11.8 Å². The third-order valence-electron chi connectivity index (χ3n) is 1.62. The number of rotatable bonds is 7. The zero-order valence-electron chi connectivity index (χ0n) is 8.36. The van der Waals surface area contributed by atoms with Crippen LogP contribution in [0.1, 0.15) is 6.42 Å². The van der Waals surface area contributed by atoms with E-state index >= 15 is 0 Å². The molecule has 0 aromatic heterocycles.